The second-order valence-electron chi connectivity index (χ2n) is 5.25. The standard InChI is InChI=1S/C14H15F2NO2S/c1-2-3-10-7-14(8-10,9-17)20(18,19)13-5-4-11(15)6-12(13)16/h4-6,10H,2-3,7-8H2,1H3. The SMILES string of the molecule is CCCC1CC(C#N)(S(=O)(=O)c2ccc(F)cc2F)C1. The van der Waals surface area contributed by atoms with E-state index >= 15 is 0 Å². The third-order valence-electron chi connectivity index (χ3n) is 3.84. The van der Waals surface area contributed by atoms with Crippen LogP contribution in [0.1, 0.15) is 32.6 Å². The quantitative estimate of drug-likeness (QED) is 0.802. The van der Waals surface area contributed by atoms with Gasteiger partial charge in [0.25, 0.3) is 0 Å². The minimum Gasteiger partial charge on any atom is -0.222 e. The summed E-state index contributed by atoms with van der Waals surface area (Å²) >= 11 is 0. The third kappa shape index (κ3) is 2.20. The van der Waals surface area contributed by atoms with E-state index in [1.807, 2.05) is 13.0 Å². The Labute approximate surface area is 117 Å². The van der Waals surface area contributed by atoms with Crippen molar-refractivity contribution in [3.05, 3.63) is 29.8 Å². The number of hydrogen-bond donors (Lipinski definition) is 0. The molecule has 2 rings (SSSR count). The van der Waals surface area contributed by atoms with E-state index in [4.69, 9.17) is 0 Å². The Morgan fingerprint density at radius 2 is 2.05 bits per heavy atom. The molecular weight excluding hydrogens is 284 g/mol. The largest absolute Gasteiger partial charge is 0.222 e. The second kappa shape index (κ2) is 5.13. The lowest BCUT2D eigenvalue weighted by Gasteiger charge is -2.41. The number of halogens is 2. The Hall–Kier alpha value is -1.48. The van der Waals surface area contributed by atoms with E-state index in [9.17, 15) is 22.5 Å². The van der Waals surface area contributed by atoms with Crippen LogP contribution in [-0.4, -0.2) is 13.2 Å². The highest BCUT2D eigenvalue weighted by Crippen LogP contribution is 2.48. The third-order valence-corrected chi connectivity index (χ3v) is 6.20. The molecule has 1 aliphatic carbocycles. The zero-order valence-corrected chi connectivity index (χ0v) is 11.9. The molecule has 0 radical (unpaired) electrons. The first kappa shape index (κ1) is 14.9. The van der Waals surface area contributed by atoms with Crippen molar-refractivity contribution >= 4 is 9.84 Å². The Balaban J connectivity index is 2.38. The van der Waals surface area contributed by atoms with Gasteiger partial charge in [-0.3, -0.25) is 0 Å². The summed E-state index contributed by atoms with van der Waals surface area (Å²) in [5.41, 5.74) is 0. The molecule has 0 atom stereocenters. The van der Waals surface area contributed by atoms with Crippen molar-refractivity contribution < 1.29 is 17.2 Å². The normalized spacial score (nSPS) is 25.8. The van der Waals surface area contributed by atoms with Crippen LogP contribution in [-0.2, 0) is 9.84 Å². The van der Waals surface area contributed by atoms with Crippen molar-refractivity contribution in [3.63, 3.8) is 0 Å². The van der Waals surface area contributed by atoms with Crippen LogP contribution in [0.4, 0.5) is 8.78 Å². The molecule has 20 heavy (non-hydrogen) atoms. The highest BCUT2D eigenvalue weighted by atomic mass is 32.2. The number of hydrogen-bond acceptors (Lipinski definition) is 3. The van der Waals surface area contributed by atoms with Crippen LogP contribution in [0.25, 0.3) is 0 Å². The van der Waals surface area contributed by atoms with E-state index in [1.165, 1.54) is 0 Å². The van der Waals surface area contributed by atoms with Crippen molar-refractivity contribution in [2.24, 2.45) is 5.92 Å². The molecule has 0 spiro atoms. The van der Waals surface area contributed by atoms with Gasteiger partial charge in [-0.15, -0.1) is 0 Å². The van der Waals surface area contributed by atoms with Gasteiger partial charge in [0, 0.05) is 6.07 Å². The number of nitrogens with zero attached hydrogens (tertiary/aromatic N) is 1. The molecule has 0 aliphatic heterocycles. The summed E-state index contributed by atoms with van der Waals surface area (Å²) in [5, 5.41) is 9.24. The Morgan fingerprint density at radius 1 is 1.40 bits per heavy atom. The molecule has 0 heterocycles. The van der Waals surface area contributed by atoms with Gasteiger partial charge in [-0.1, -0.05) is 19.8 Å². The van der Waals surface area contributed by atoms with Crippen molar-refractivity contribution in [3.8, 4) is 6.07 Å². The molecule has 1 aromatic carbocycles. The van der Waals surface area contributed by atoms with Crippen molar-refractivity contribution in [1.82, 2.24) is 0 Å². The first-order chi connectivity index (χ1) is 9.36. The molecule has 1 aromatic rings. The molecule has 0 saturated heterocycles. The molecule has 1 saturated carbocycles. The fraction of sp³-hybridized carbons (Fsp3) is 0.500. The molecule has 1 aliphatic rings. The van der Waals surface area contributed by atoms with Gasteiger partial charge in [0.15, 0.2) is 14.6 Å². The monoisotopic (exact) mass is 299 g/mol. The lowest BCUT2D eigenvalue weighted by atomic mass is 9.73. The zero-order valence-electron chi connectivity index (χ0n) is 11.1. The van der Waals surface area contributed by atoms with Crippen molar-refractivity contribution in [2.75, 3.05) is 0 Å². The van der Waals surface area contributed by atoms with Gasteiger partial charge < -0.3 is 0 Å². The minimum atomic E-state index is -4.12. The van der Waals surface area contributed by atoms with Crippen LogP contribution in [0.15, 0.2) is 23.1 Å². The van der Waals surface area contributed by atoms with Gasteiger partial charge in [-0.2, -0.15) is 5.26 Å². The summed E-state index contributed by atoms with van der Waals surface area (Å²) < 4.78 is 49.9. The predicted molar refractivity (Wildman–Crippen MR) is 69.5 cm³/mol. The molecule has 1 fully saturated rings. The molecule has 0 N–H and O–H groups in total. The second-order valence-corrected chi connectivity index (χ2v) is 7.48. The number of benzene rings is 1. The van der Waals surface area contributed by atoms with Crippen molar-refractivity contribution in [2.45, 2.75) is 42.2 Å². The van der Waals surface area contributed by atoms with Crippen LogP contribution in [0.2, 0.25) is 0 Å². The van der Waals surface area contributed by atoms with Crippen LogP contribution >= 0.6 is 0 Å². The Bertz CT molecular complexity index is 658. The molecule has 0 amide bonds. The highest BCUT2D eigenvalue weighted by Gasteiger charge is 2.55. The molecule has 0 aromatic heterocycles. The van der Waals surface area contributed by atoms with Crippen LogP contribution in [0, 0.1) is 28.9 Å². The average molecular weight is 299 g/mol. The topological polar surface area (TPSA) is 57.9 Å². The number of rotatable bonds is 4. The van der Waals surface area contributed by atoms with Crippen molar-refractivity contribution in [1.29, 1.82) is 5.26 Å². The fourth-order valence-electron chi connectivity index (χ4n) is 2.76. The first-order valence-corrected chi connectivity index (χ1v) is 7.95. The average Bonchev–Trinajstić information content (AvgIpc) is 2.32. The summed E-state index contributed by atoms with van der Waals surface area (Å²) in [7, 11) is -4.12. The van der Waals surface area contributed by atoms with E-state index in [1.54, 1.807) is 0 Å². The predicted octanol–water partition coefficient (Wildman–Crippen LogP) is 3.21. The smallest absolute Gasteiger partial charge is 0.200 e. The molecule has 0 bridgehead atoms. The van der Waals surface area contributed by atoms with E-state index in [0.29, 0.717) is 6.07 Å². The molecular formula is C14H15F2NO2S. The van der Waals surface area contributed by atoms with Crippen LogP contribution in [0.3, 0.4) is 0 Å². The maximum atomic E-state index is 13.7. The van der Waals surface area contributed by atoms with Gasteiger partial charge >= 0.3 is 0 Å². The zero-order chi connectivity index (χ0) is 15.0. The van der Waals surface area contributed by atoms with Gasteiger partial charge in [-0.25, -0.2) is 17.2 Å². The lowest BCUT2D eigenvalue weighted by Crippen LogP contribution is -2.49. The van der Waals surface area contributed by atoms with E-state index < -0.39 is 31.1 Å². The van der Waals surface area contributed by atoms with Gasteiger partial charge in [0.1, 0.15) is 16.5 Å². The van der Waals surface area contributed by atoms with Gasteiger partial charge in [-0.05, 0) is 30.9 Å². The first-order valence-electron chi connectivity index (χ1n) is 6.47. The highest BCUT2D eigenvalue weighted by molar-refractivity contribution is 7.93. The van der Waals surface area contributed by atoms with E-state index in [0.717, 1.165) is 25.0 Å². The molecule has 108 valence electrons. The Morgan fingerprint density at radius 3 is 2.55 bits per heavy atom. The summed E-state index contributed by atoms with van der Waals surface area (Å²) in [5.74, 6) is -1.80. The fourth-order valence-corrected chi connectivity index (χ4v) is 4.77. The minimum absolute atomic E-state index is 0.179. The molecule has 6 heteroatoms. The van der Waals surface area contributed by atoms with E-state index in [2.05, 4.69) is 0 Å². The van der Waals surface area contributed by atoms with Crippen LogP contribution in [0.5, 0.6) is 0 Å². The molecule has 3 nitrogen and oxygen atoms in total. The summed E-state index contributed by atoms with van der Waals surface area (Å²) in [6.07, 6.45) is 2.20. The maximum Gasteiger partial charge on any atom is 0.200 e. The summed E-state index contributed by atoms with van der Waals surface area (Å²) in [6, 6.07) is 4.15. The van der Waals surface area contributed by atoms with E-state index in [-0.39, 0.29) is 18.8 Å². The van der Waals surface area contributed by atoms with Gasteiger partial charge in [0.2, 0.25) is 0 Å². The summed E-state index contributed by atoms with van der Waals surface area (Å²) in [6.45, 7) is 1.99. The lowest BCUT2D eigenvalue weighted by molar-refractivity contribution is 0.246. The molecule has 0 unspecified atom stereocenters. The Kier molecular flexibility index (Phi) is 3.83. The summed E-state index contributed by atoms with van der Waals surface area (Å²) in [4.78, 5) is -0.588. The van der Waals surface area contributed by atoms with Crippen LogP contribution < -0.4 is 0 Å². The maximum absolute atomic E-state index is 13.7. The number of sulfone groups is 1. The number of nitriles is 1. The van der Waals surface area contributed by atoms with Gasteiger partial charge in [0.05, 0.1) is 6.07 Å².